The fourth-order valence-corrected chi connectivity index (χ4v) is 7.89. The number of methoxy groups -OCH3 is 2. The number of Topliss-reactive ketones (excluding diaryl/α,β-unsaturated/α-hetero) is 3. The van der Waals surface area contributed by atoms with Crippen molar-refractivity contribution in [3.63, 3.8) is 0 Å². The number of allylic oxidation sites excluding steroid dienone is 6. The van der Waals surface area contributed by atoms with Crippen LogP contribution in [-0.2, 0) is 42.9 Å². The quantitative estimate of drug-likeness (QED) is 0.188. The van der Waals surface area contributed by atoms with Crippen LogP contribution in [0.3, 0.4) is 0 Å². The van der Waals surface area contributed by atoms with Crippen LogP contribution in [0.1, 0.15) is 120 Å². The number of aliphatic hydroxyl groups excluding tert-OH is 1. The second-order valence-electron chi connectivity index (χ2n) is 16.6. The summed E-state index contributed by atoms with van der Waals surface area (Å²) < 4.78 is 23.2. The van der Waals surface area contributed by atoms with Crippen molar-refractivity contribution in [2.75, 3.05) is 20.8 Å². The molecule has 3 aliphatic heterocycles. The monoisotopic (exact) mass is 785 g/mol. The lowest BCUT2D eigenvalue weighted by molar-refractivity contribution is -0.265. The van der Waals surface area contributed by atoms with Gasteiger partial charge >= 0.3 is 5.97 Å². The maximum Gasteiger partial charge on any atom is 0.333 e. The number of ether oxygens (including phenoxy) is 4. The zero-order valence-electron chi connectivity index (χ0n) is 35.3. The van der Waals surface area contributed by atoms with E-state index >= 15 is 0 Å². The number of hydrogen-bond donors (Lipinski definition) is 2. The summed E-state index contributed by atoms with van der Waals surface area (Å²) in [5, 5.41) is 23.0. The van der Waals surface area contributed by atoms with Crippen molar-refractivity contribution in [2.24, 2.45) is 23.7 Å². The molecule has 314 valence electrons. The first-order chi connectivity index (χ1) is 26.4. The molecule has 3 heterocycles. The number of piperidine rings is 1. The summed E-state index contributed by atoms with van der Waals surface area (Å²) in [4.78, 5) is 69.8. The summed E-state index contributed by atoms with van der Waals surface area (Å²) in [7, 11) is 2.97. The van der Waals surface area contributed by atoms with E-state index in [1.54, 1.807) is 47.8 Å². The van der Waals surface area contributed by atoms with Gasteiger partial charge in [-0.1, -0.05) is 52.0 Å². The number of fused-ring (bicyclic) bond motifs is 3. The minimum absolute atomic E-state index is 0.108. The number of rotatable bonds is 2. The Kier molecular flexibility index (Phi) is 18.0. The molecule has 56 heavy (non-hydrogen) atoms. The fourth-order valence-electron chi connectivity index (χ4n) is 7.89. The second-order valence-corrected chi connectivity index (χ2v) is 16.6. The van der Waals surface area contributed by atoms with Crippen molar-refractivity contribution >= 4 is 29.2 Å². The van der Waals surface area contributed by atoms with E-state index in [-0.39, 0.29) is 54.7 Å². The Morgan fingerprint density at radius 2 is 1.61 bits per heavy atom. The van der Waals surface area contributed by atoms with Crippen molar-refractivity contribution in [1.82, 2.24) is 4.90 Å². The number of ketones is 3. The zero-order valence-corrected chi connectivity index (χ0v) is 35.3. The van der Waals surface area contributed by atoms with Crippen LogP contribution in [0.5, 0.6) is 0 Å². The summed E-state index contributed by atoms with van der Waals surface area (Å²) >= 11 is 0. The first kappa shape index (κ1) is 47.1. The third kappa shape index (κ3) is 12.1. The van der Waals surface area contributed by atoms with Gasteiger partial charge in [-0.05, 0) is 102 Å². The van der Waals surface area contributed by atoms with Crippen LogP contribution < -0.4 is 0 Å². The Morgan fingerprint density at radius 1 is 0.911 bits per heavy atom. The van der Waals surface area contributed by atoms with Crippen molar-refractivity contribution in [3.8, 4) is 0 Å². The third-order valence-corrected chi connectivity index (χ3v) is 11.7. The topological polar surface area (TPSA) is 166 Å². The molecule has 1 amide bonds. The predicted octanol–water partition coefficient (Wildman–Crippen LogP) is 6.13. The van der Waals surface area contributed by atoms with Crippen molar-refractivity contribution in [1.29, 1.82) is 0 Å². The highest BCUT2D eigenvalue weighted by Gasteiger charge is 2.53. The molecule has 3 aliphatic rings. The average Bonchev–Trinajstić information content (AvgIpc) is 3.16. The minimum atomic E-state index is -2.39. The molecular formula is C44H67NO11. The lowest BCUT2D eigenvalue weighted by atomic mass is 9.85. The van der Waals surface area contributed by atoms with E-state index in [2.05, 4.69) is 13.0 Å². The number of cyclic esters (lactones) is 1. The van der Waals surface area contributed by atoms with Gasteiger partial charge in [0.05, 0.1) is 18.6 Å². The van der Waals surface area contributed by atoms with Gasteiger partial charge in [0, 0.05) is 44.9 Å². The highest BCUT2D eigenvalue weighted by molar-refractivity contribution is 6.39. The molecule has 3 rings (SSSR count). The molecule has 0 aromatic carbocycles. The zero-order chi connectivity index (χ0) is 41.9. The normalized spacial score (nSPS) is 37.1. The average molecular weight is 786 g/mol. The number of aliphatic hydroxyl groups is 2. The number of amides is 1. The van der Waals surface area contributed by atoms with E-state index in [1.165, 1.54) is 7.11 Å². The van der Waals surface area contributed by atoms with E-state index in [9.17, 15) is 34.2 Å². The van der Waals surface area contributed by atoms with E-state index in [4.69, 9.17) is 18.9 Å². The van der Waals surface area contributed by atoms with E-state index in [0.717, 1.165) is 23.3 Å². The largest absolute Gasteiger partial charge is 0.429 e. The molecule has 10 atom stereocenters. The van der Waals surface area contributed by atoms with E-state index < -0.39 is 59.6 Å². The Balaban J connectivity index is 1.97. The minimum Gasteiger partial charge on any atom is -0.429 e. The van der Waals surface area contributed by atoms with Gasteiger partial charge in [-0.3, -0.25) is 19.2 Å². The molecule has 0 aliphatic carbocycles. The predicted molar refractivity (Wildman–Crippen MR) is 212 cm³/mol. The standard InChI is InChI=1S/C44H67NO11/c1-26(2)36-25-35(46)29(5)23-31(7)39(48)40(54-10)38(47)30(6)22-27(3)16-12-11-13-17-28(4)37(53-9)24-33-20-19-32(8)44(52,56-33)41(49)42(50)45-21-15-14-18-34(45)43(51)55-36/h11,13,17,23,27,29-30,32-34,37,39-40,48,52H,12,14-16,18-22,24-25H2,1-10H3/b13-11+,28-17+,31-23+/t27-,29-,30-,32-,33+,34+,37+,39-,40+,44-/m1/s1. The van der Waals surface area contributed by atoms with Gasteiger partial charge in [0.2, 0.25) is 5.79 Å². The Hall–Kier alpha value is -3.29. The van der Waals surface area contributed by atoms with Crippen LogP contribution in [0.4, 0.5) is 0 Å². The molecule has 0 aromatic rings. The molecule has 2 fully saturated rings. The molecule has 12 heteroatoms. The molecule has 2 saturated heterocycles. The van der Waals surface area contributed by atoms with Gasteiger partial charge in [0.25, 0.3) is 11.7 Å². The highest BCUT2D eigenvalue weighted by Crippen LogP contribution is 2.37. The van der Waals surface area contributed by atoms with Crippen LogP contribution in [-0.4, -0.2) is 101 Å². The Labute approximate surface area is 333 Å². The highest BCUT2D eigenvalue weighted by atomic mass is 16.6. The molecule has 0 radical (unpaired) electrons. The lowest BCUT2D eigenvalue weighted by Crippen LogP contribution is -2.60. The number of nitrogens with zero attached hydrogens (tertiary/aromatic N) is 1. The van der Waals surface area contributed by atoms with Crippen molar-refractivity contribution in [2.45, 2.75) is 156 Å². The van der Waals surface area contributed by atoms with Gasteiger partial charge in [-0.25, -0.2) is 4.79 Å². The molecule has 0 unspecified atom stereocenters. The van der Waals surface area contributed by atoms with Gasteiger partial charge in [0.1, 0.15) is 29.8 Å². The number of hydrogen-bond acceptors (Lipinski definition) is 11. The van der Waals surface area contributed by atoms with Crippen LogP contribution in [0.15, 0.2) is 46.8 Å². The molecule has 0 aromatic heterocycles. The molecule has 2 N–H and O–H groups in total. The second kappa shape index (κ2) is 21.5. The summed E-state index contributed by atoms with van der Waals surface area (Å²) in [6.45, 7) is 14.4. The number of esters is 1. The van der Waals surface area contributed by atoms with Crippen molar-refractivity contribution < 1.29 is 53.1 Å². The molecule has 2 bridgehead atoms. The summed E-state index contributed by atoms with van der Waals surface area (Å²) in [6.07, 6.45) is 8.95. The summed E-state index contributed by atoms with van der Waals surface area (Å²) in [5.41, 5.74) is 1.90. The van der Waals surface area contributed by atoms with E-state index in [0.29, 0.717) is 49.7 Å². The summed E-state index contributed by atoms with van der Waals surface area (Å²) in [5.74, 6) is -7.25. The van der Waals surface area contributed by atoms with Crippen LogP contribution in [0.25, 0.3) is 0 Å². The fraction of sp³-hybridized carbons (Fsp3) is 0.705. The maximum atomic E-state index is 13.9. The third-order valence-electron chi connectivity index (χ3n) is 11.7. The van der Waals surface area contributed by atoms with Crippen LogP contribution in [0, 0.1) is 23.7 Å². The van der Waals surface area contributed by atoms with Crippen LogP contribution >= 0.6 is 0 Å². The maximum absolute atomic E-state index is 13.9. The molecule has 0 spiro atoms. The van der Waals surface area contributed by atoms with Gasteiger partial charge in [0.15, 0.2) is 5.78 Å². The van der Waals surface area contributed by atoms with E-state index in [1.807, 2.05) is 26.0 Å². The number of carbonyl (C=O) groups is 5. The molecule has 12 nitrogen and oxygen atoms in total. The number of carbonyl (C=O) groups excluding carboxylic acids is 5. The lowest BCUT2D eigenvalue weighted by Gasteiger charge is -2.42. The SMILES string of the molecule is CO[C@H]1C[C@@H]2CC[C@@H](C)[C@@](O)(O2)C(=O)C(=O)N2CCCC[C@H]2C(=O)OC(=C(C)C)CC(=O)[C@H](C)/C=C(\C)[C@@H](O)[C@@H](OC)C(=O)[C@H](C)C[C@H](C)CC/C=C/C=C/1C. The first-order valence-electron chi connectivity index (χ1n) is 20.3. The van der Waals surface area contributed by atoms with Crippen molar-refractivity contribution in [3.05, 3.63) is 46.8 Å². The summed E-state index contributed by atoms with van der Waals surface area (Å²) in [6, 6.07) is -1.11. The Morgan fingerprint density at radius 3 is 2.25 bits per heavy atom. The van der Waals surface area contributed by atoms with Gasteiger partial charge in [-0.15, -0.1) is 0 Å². The smallest absolute Gasteiger partial charge is 0.333 e. The first-order valence-corrected chi connectivity index (χ1v) is 20.3. The Bertz CT molecular complexity index is 1540. The molecular weight excluding hydrogens is 718 g/mol. The van der Waals surface area contributed by atoms with Gasteiger partial charge < -0.3 is 34.1 Å². The van der Waals surface area contributed by atoms with Gasteiger partial charge in [-0.2, -0.15) is 0 Å². The molecule has 0 saturated carbocycles. The van der Waals surface area contributed by atoms with Crippen LogP contribution in [0.2, 0.25) is 0 Å².